The summed E-state index contributed by atoms with van der Waals surface area (Å²) in [6.45, 7) is 0. The van der Waals surface area contributed by atoms with Gasteiger partial charge in [0.2, 0.25) is 0 Å². The first-order chi connectivity index (χ1) is 15.2. The third kappa shape index (κ3) is 4.37. The van der Waals surface area contributed by atoms with E-state index in [1.54, 1.807) is 6.07 Å². The summed E-state index contributed by atoms with van der Waals surface area (Å²) in [6, 6.07) is 12.7. The lowest BCUT2D eigenvalue weighted by molar-refractivity contribution is 0.0923. The largest absolute Gasteiger partial charge is 0.335 e. The van der Waals surface area contributed by atoms with Crippen molar-refractivity contribution in [3.05, 3.63) is 89.4 Å². The van der Waals surface area contributed by atoms with Crippen molar-refractivity contribution < 1.29 is 9.18 Å². The Bertz CT molecular complexity index is 1210. The van der Waals surface area contributed by atoms with Crippen molar-refractivity contribution in [2.75, 3.05) is 5.32 Å². The summed E-state index contributed by atoms with van der Waals surface area (Å²) in [7, 11) is 0. The molecule has 2 aliphatic rings. The Morgan fingerprint density at radius 3 is 2.68 bits per heavy atom. The second kappa shape index (κ2) is 8.60. The van der Waals surface area contributed by atoms with Gasteiger partial charge in [-0.3, -0.25) is 4.79 Å². The maximum Gasteiger partial charge on any atom is 0.188 e. The number of halogens is 1. The number of Topliss-reactive ketones (excluding diaryl/α,β-unsaturated/α-hetero) is 1. The van der Waals surface area contributed by atoms with E-state index in [9.17, 15) is 9.18 Å². The summed E-state index contributed by atoms with van der Waals surface area (Å²) in [5.74, 6) is 0.222. The molecular weight excluding hydrogens is 407 g/mol. The summed E-state index contributed by atoms with van der Waals surface area (Å²) >= 11 is 1.51. The molecule has 2 aromatic carbocycles. The highest BCUT2D eigenvalue weighted by molar-refractivity contribution is 7.22. The van der Waals surface area contributed by atoms with E-state index < -0.39 is 0 Å². The highest BCUT2D eigenvalue weighted by Gasteiger charge is 2.23. The third-order valence-electron chi connectivity index (χ3n) is 5.95. The van der Waals surface area contributed by atoms with Crippen LogP contribution in [0.3, 0.4) is 0 Å². The molecule has 156 valence electrons. The van der Waals surface area contributed by atoms with Crippen LogP contribution in [0, 0.1) is 11.7 Å². The van der Waals surface area contributed by atoms with E-state index in [4.69, 9.17) is 0 Å². The highest BCUT2D eigenvalue weighted by atomic mass is 32.1. The molecule has 1 heterocycles. The maximum atomic E-state index is 13.4. The van der Waals surface area contributed by atoms with Crippen LogP contribution in [0.2, 0.25) is 0 Å². The number of nitrogens with zero attached hydrogens (tertiary/aromatic N) is 1. The molecule has 1 N–H and O–H groups in total. The lowest BCUT2D eigenvalue weighted by Crippen LogP contribution is -2.10. The van der Waals surface area contributed by atoms with Gasteiger partial charge in [0.05, 0.1) is 10.2 Å². The highest BCUT2D eigenvalue weighted by Crippen LogP contribution is 2.30. The number of carbonyl (C=O) groups is 1. The van der Waals surface area contributed by atoms with Gasteiger partial charge in [0.1, 0.15) is 5.82 Å². The van der Waals surface area contributed by atoms with E-state index in [-0.39, 0.29) is 17.5 Å². The van der Waals surface area contributed by atoms with E-state index in [1.807, 2.05) is 24.3 Å². The average Bonchev–Trinajstić information content (AvgIpc) is 3.39. The first-order valence-electron chi connectivity index (χ1n) is 10.7. The molecule has 3 aromatic rings. The Morgan fingerprint density at radius 2 is 1.87 bits per heavy atom. The predicted octanol–water partition coefficient (Wildman–Crippen LogP) is 7.15. The summed E-state index contributed by atoms with van der Waals surface area (Å²) in [5.41, 5.74) is 4.70. The van der Waals surface area contributed by atoms with Gasteiger partial charge < -0.3 is 5.32 Å². The molecule has 5 rings (SSSR count). The zero-order chi connectivity index (χ0) is 21.2. The fourth-order valence-electron chi connectivity index (χ4n) is 4.25. The van der Waals surface area contributed by atoms with Crippen LogP contribution in [0.15, 0.2) is 72.5 Å². The number of carbonyl (C=O) groups excluding carboxylic acids is 1. The number of nitrogens with one attached hydrogen (secondary N) is 1. The summed E-state index contributed by atoms with van der Waals surface area (Å²) in [6.07, 6.45) is 13.5. The Hall–Kier alpha value is -3.05. The fourth-order valence-corrected chi connectivity index (χ4v) is 5.13. The van der Waals surface area contributed by atoms with Crippen molar-refractivity contribution in [1.82, 2.24) is 4.98 Å². The number of benzene rings is 2. The molecular formula is C26H23FN2OS. The summed E-state index contributed by atoms with van der Waals surface area (Å²) in [4.78, 5) is 17.1. The Labute approximate surface area is 185 Å². The van der Waals surface area contributed by atoms with Gasteiger partial charge in [-0.25, -0.2) is 9.37 Å². The molecule has 1 saturated carbocycles. The SMILES string of the molecule is O=C(c1ccc(C2=CC=C(Nc3nc4cc(F)ccc4s3)CC=C2)cc1)C1CCCC1. The minimum absolute atomic E-state index is 0.207. The van der Waals surface area contributed by atoms with Gasteiger partial charge in [0.25, 0.3) is 0 Å². The second-order valence-corrected chi connectivity index (χ2v) is 9.13. The van der Waals surface area contributed by atoms with Crippen molar-refractivity contribution in [2.45, 2.75) is 32.1 Å². The standard InChI is InChI=1S/C26H23FN2OS/c27-21-13-15-24-23(16-21)29-26(31-24)28-22-7-3-6-17(12-14-22)18-8-10-20(11-9-18)25(30)19-4-1-2-5-19/h3,6,8-16,19H,1-2,4-5,7H2,(H,28,29). The number of rotatable bonds is 5. The normalized spacial score (nSPS) is 16.8. The molecule has 2 aliphatic carbocycles. The van der Waals surface area contributed by atoms with Gasteiger partial charge in [-0.2, -0.15) is 0 Å². The van der Waals surface area contributed by atoms with Gasteiger partial charge in [-0.05, 0) is 42.2 Å². The number of allylic oxidation sites excluding steroid dienone is 5. The van der Waals surface area contributed by atoms with E-state index >= 15 is 0 Å². The van der Waals surface area contributed by atoms with Crippen LogP contribution in [0.5, 0.6) is 0 Å². The Balaban J connectivity index is 1.31. The van der Waals surface area contributed by atoms with Gasteiger partial charge in [0, 0.05) is 29.7 Å². The van der Waals surface area contributed by atoms with Crippen molar-refractivity contribution in [2.24, 2.45) is 5.92 Å². The van der Waals surface area contributed by atoms with Gasteiger partial charge in [-0.1, -0.05) is 66.7 Å². The van der Waals surface area contributed by atoms with E-state index in [1.165, 1.54) is 36.3 Å². The van der Waals surface area contributed by atoms with Gasteiger partial charge >= 0.3 is 0 Å². The number of hydrogen-bond acceptors (Lipinski definition) is 4. The molecule has 0 bridgehead atoms. The van der Waals surface area contributed by atoms with Crippen molar-refractivity contribution in [3.8, 4) is 0 Å². The fraction of sp³-hybridized carbons (Fsp3) is 0.231. The first-order valence-corrected chi connectivity index (χ1v) is 11.5. The van der Waals surface area contributed by atoms with Crippen LogP contribution in [0.4, 0.5) is 9.52 Å². The van der Waals surface area contributed by atoms with Crippen molar-refractivity contribution >= 4 is 38.0 Å². The molecule has 0 aliphatic heterocycles. The quantitative estimate of drug-likeness (QED) is 0.437. The smallest absolute Gasteiger partial charge is 0.188 e. The molecule has 0 saturated heterocycles. The van der Waals surface area contributed by atoms with E-state index in [0.29, 0.717) is 5.52 Å². The van der Waals surface area contributed by atoms with E-state index in [2.05, 4.69) is 34.6 Å². The van der Waals surface area contributed by atoms with Gasteiger partial charge in [0.15, 0.2) is 10.9 Å². The number of ketones is 1. The predicted molar refractivity (Wildman–Crippen MR) is 126 cm³/mol. The molecule has 3 nitrogen and oxygen atoms in total. The van der Waals surface area contributed by atoms with Gasteiger partial charge in [-0.15, -0.1) is 0 Å². The minimum atomic E-state index is -0.274. The number of aromatic nitrogens is 1. The monoisotopic (exact) mass is 430 g/mol. The number of fused-ring (bicyclic) bond motifs is 1. The zero-order valence-electron chi connectivity index (χ0n) is 17.1. The maximum absolute atomic E-state index is 13.4. The van der Waals surface area contributed by atoms with Crippen LogP contribution in [0.25, 0.3) is 15.8 Å². The van der Waals surface area contributed by atoms with E-state index in [0.717, 1.165) is 51.5 Å². The Kier molecular flexibility index (Phi) is 5.51. The molecule has 0 atom stereocenters. The molecule has 5 heteroatoms. The number of anilines is 1. The van der Waals surface area contributed by atoms with Crippen LogP contribution < -0.4 is 5.32 Å². The lowest BCUT2D eigenvalue weighted by Gasteiger charge is -2.09. The average molecular weight is 431 g/mol. The summed E-state index contributed by atoms with van der Waals surface area (Å²) < 4.78 is 14.4. The molecule has 0 spiro atoms. The van der Waals surface area contributed by atoms with Crippen LogP contribution in [-0.4, -0.2) is 10.8 Å². The first kappa shape index (κ1) is 19.9. The van der Waals surface area contributed by atoms with Crippen molar-refractivity contribution in [1.29, 1.82) is 0 Å². The minimum Gasteiger partial charge on any atom is -0.335 e. The summed E-state index contributed by atoms with van der Waals surface area (Å²) in [5, 5.41) is 4.12. The topological polar surface area (TPSA) is 42.0 Å². The molecule has 0 radical (unpaired) electrons. The molecule has 0 amide bonds. The molecule has 1 aromatic heterocycles. The molecule has 31 heavy (non-hydrogen) atoms. The second-order valence-electron chi connectivity index (χ2n) is 8.10. The molecule has 0 unspecified atom stereocenters. The lowest BCUT2D eigenvalue weighted by atomic mass is 9.94. The van der Waals surface area contributed by atoms with Crippen molar-refractivity contribution in [3.63, 3.8) is 0 Å². The van der Waals surface area contributed by atoms with Crippen LogP contribution >= 0.6 is 11.3 Å². The number of thiazole rings is 1. The van der Waals surface area contributed by atoms with Crippen LogP contribution in [-0.2, 0) is 0 Å². The molecule has 1 fully saturated rings. The zero-order valence-corrected chi connectivity index (χ0v) is 17.9. The van der Waals surface area contributed by atoms with Crippen LogP contribution in [0.1, 0.15) is 48.0 Å². The number of hydrogen-bond donors (Lipinski definition) is 1. The Morgan fingerprint density at radius 1 is 1.06 bits per heavy atom. The third-order valence-corrected chi connectivity index (χ3v) is 6.90.